The molecule has 1 aliphatic heterocycles. The van der Waals surface area contributed by atoms with Crippen LogP contribution in [0, 0.1) is 0 Å². The van der Waals surface area contributed by atoms with Crippen LogP contribution in [-0.2, 0) is 4.79 Å². The Morgan fingerprint density at radius 3 is 2.47 bits per heavy atom. The number of hydrogen-bond acceptors (Lipinski definition) is 2. The molecule has 1 aliphatic carbocycles. The van der Waals surface area contributed by atoms with Crippen molar-refractivity contribution < 1.29 is 4.79 Å². The lowest BCUT2D eigenvalue weighted by molar-refractivity contribution is -0.112. The molecule has 2 heteroatoms. The third kappa shape index (κ3) is 3.45. The first-order chi connectivity index (χ1) is 8.27. The normalized spacial score (nSPS) is 22.3. The van der Waals surface area contributed by atoms with Crippen LogP contribution in [-0.4, -0.2) is 23.8 Å². The summed E-state index contributed by atoms with van der Waals surface area (Å²) in [5, 5.41) is 0. The van der Waals surface area contributed by atoms with E-state index >= 15 is 0 Å². The summed E-state index contributed by atoms with van der Waals surface area (Å²) >= 11 is 0. The molecule has 0 N–H and O–H groups in total. The first kappa shape index (κ1) is 12.4. The highest BCUT2D eigenvalue weighted by Crippen LogP contribution is 2.30. The van der Waals surface area contributed by atoms with Gasteiger partial charge in [0.05, 0.1) is 0 Å². The Morgan fingerprint density at radius 2 is 1.76 bits per heavy atom. The molecule has 17 heavy (non-hydrogen) atoms. The third-order valence-corrected chi connectivity index (χ3v) is 3.74. The summed E-state index contributed by atoms with van der Waals surface area (Å²) < 4.78 is 0. The molecule has 0 aromatic carbocycles. The van der Waals surface area contributed by atoms with Crippen LogP contribution < -0.4 is 0 Å². The number of likely N-dealkylation sites (tertiary alicyclic amines) is 1. The first-order valence-electron chi connectivity index (χ1n) is 6.93. The molecule has 0 aromatic rings. The molecule has 2 rings (SSSR count). The molecule has 0 radical (unpaired) electrons. The van der Waals surface area contributed by atoms with Crippen molar-refractivity contribution in [2.75, 3.05) is 13.1 Å². The molecule has 1 saturated heterocycles. The van der Waals surface area contributed by atoms with Gasteiger partial charge in [-0.1, -0.05) is 6.08 Å². The van der Waals surface area contributed by atoms with Crippen LogP contribution in [0.2, 0.25) is 0 Å². The molecule has 1 fully saturated rings. The van der Waals surface area contributed by atoms with Gasteiger partial charge in [0.2, 0.25) is 0 Å². The van der Waals surface area contributed by atoms with E-state index in [2.05, 4.69) is 11.0 Å². The van der Waals surface area contributed by atoms with E-state index in [9.17, 15) is 4.79 Å². The monoisotopic (exact) mass is 233 g/mol. The first-order valence-corrected chi connectivity index (χ1v) is 6.93. The molecule has 0 aromatic heterocycles. The van der Waals surface area contributed by atoms with Crippen LogP contribution in [0.5, 0.6) is 0 Å². The fourth-order valence-electron chi connectivity index (χ4n) is 2.84. The SMILES string of the molecule is CC(=O)/C=C\C1=C(N2CCCCC2)CCCC1. The summed E-state index contributed by atoms with van der Waals surface area (Å²) in [4.78, 5) is 13.6. The highest BCUT2D eigenvalue weighted by atomic mass is 16.1. The quantitative estimate of drug-likeness (QED) is 0.696. The summed E-state index contributed by atoms with van der Waals surface area (Å²) in [5.41, 5.74) is 2.93. The van der Waals surface area contributed by atoms with Crippen LogP contribution in [0.3, 0.4) is 0 Å². The van der Waals surface area contributed by atoms with Gasteiger partial charge in [-0.25, -0.2) is 0 Å². The Balaban J connectivity index is 2.14. The maximum Gasteiger partial charge on any atom is 0.152 e. The van der Waals surface area contributed by atoms with Gasteiger partial charge in [0.15, 0.2) is 5.78 Å². The van der Waals surface area contributed by atoms with E-state index in [4.69, 9.17) is 0 Å². The Hall–Kier alpha value is -1.05. The lowest BCUT2D eigenvalue weighted by Crippen LogP contribution is -2.30. The topological polar surface area (TPSA) is 20.3 Å². The van der Waals surface area contributed by atoms with Crippen molar-refractivity contribution in [1.29, 1.82) is 0 Å². The van der Waals surface area contributed by atoms with E-state index in [1.54, 1.807) is 13.0 Å². The van der Waals surface area contributed by atoms with Gasteiger partial charge in [-0.3, -0.25) is 4.79 Å². The molecule has 2 nitrogen and oxygen atoms in total. The van der Waals surface area contributed by atoms with Crippen molar-refractivity contribution in [3.8, 4) is 0 Å². The van der Waals surface area contributed by atoms with Crippen molar-refractivity contribution >= 4 is 5.78 Å². The van der Waals surface area contributed by atoms with Gasteiger partial charge >= 0.3 is 0 Å². The summed E-state index contributed by atoms with van der Waals surface area (Å²) in [6.07, 6.45) is 12.8. The maximum absolute atomic E-state index is 11.0. The molecule has 0 atom stereocenters. The standard InChI is InChI=1S/C15H23NO/c1-13(17)9-10-14-7-3-4-8-15(14)16-11-5-2-6-12-16/h9-10H,2-8,11-12H2,1H3/b10-9-. The van der Waals surface area contributed by atoms with Crippen molar-refractivity contribution in [2.45, 2.75) is 51.9 Å². The fraction of sp³-hybridized carbons (Fsp3) is 0.667. The van der Waals surface area contributed by atoms with Gasteiger partial charge < -0.3 is 4.90 Å². The largest absolute Gasteiger partial charge is 0.375 e. The minimum atomic E-state index is 0.154. The Labute approximate surface area is 104 Å². The lowest BCUT2D eigenvalue weighted by atomic mass is 9.93. The number of carbonyl (C=O) groups is 1. The van der Waals surface area contributed by atoms with Gasteiger partial charge in [0, 0.05) is 18.8 Å². The van der Waals surface area contributed by atoms with Gasteiger partial charge in [-0.2, -0.15) is 0 Å². The molecule has 0 unspecified atom stereocenters. The Bertz CT molecular complexity index is 335. The summed E-state index contributed by atoms with van der Waals surface area (Å²) in [7, 11) is 0. The highest BCUT2D eigenvalue weighted by Gasteiger charge is 2.18. The molecule has 0 saturated carbocycles. The summed E-state index contributed by atoms with van der Waals surface area (Å²) in [6.45, 7) is 4.06. The molecule has 0 spiro atoms. The Kier molecular flexibility index (Phi) is 4.41. The van der Waals surface area contributed by atoms with E-state index in [0.29, 0.717) is 0 Å². The summed E-state index contributed by atoms with van der Waals surface area (Å²) in [6, 6.07) is 0. The average molecular weight is 233 g/mol. The summed E-state index contributed by atoms with van der Waals surface area (Å²) in [5.74, 6) is 0.154. The fourth-order valence-corrected chi connectivity index (χ4v) is 2.84. The molecule has 1 heterocycles. The van der Waals surface area contributed by atoms with E-state index in [0.717, 1.165) is 6.42 Å². The van der Waals surface area contributed by atoms with Gasteiger partial charge in [-0.05, 0) is 63.5 Å². The highest BCUT2D eigenvalue weighted by molar-refractivity contribution is 5.87. The predicted octanol–water partition coefficient (Wildman–Crippen LogP) is 3.45. The van der Waals surface area contributed by atoms with Crippen molar-refractivity contribution in [3.63, 3.8) is 0 Å². The molecule has 0 amide bonds. The van der Waals surface area contributed by atoms with Crippen LogP contribution in [0.15, 0.2) is 23.4 Å². The van der Waals surface area contributed by atoms with Crippen LogP contribution in [0.4, 0.5) is 0 Å². The van der Waals surface area contributed by atoms with Crippen LogP contribution in [0.1, 0.15) is 51.9 Å². The van der Waals surface area contributed by atoms with Crippen molar-refractivity contribution in [3.05, 3.63) is 23.4 Å². The van der Waals surface area contributed by atoms with Crippen molar-refractivity contribution in [1.82, 2.24) is 4.90 Å². The Morgan fingerprint density at radius 1 is 1.06 bits per heavy atom. The number of carbonyl (C=O) groups excluding carboxylic acids is 1. The number of ketones is 1. The van der Waals surface area contributed by atoms with Crippen LogP contribution >= 0.6 is 0 Å². The maximum atomic E-state index is 11.0. The predicted molar refractivity (Wildman–Crippen MR) is 70.7 cm³/mol. The van der Waals surface area contributed by atoms with Crippen LogP contribution in [0.25, 0.3) is 0 Å². The molecule has 0 bridgehead atoms. The number of nitrogens with zero attached hydrogens (tertiary/aromatic N) is 1. The lowest BCUT2D eigenvalue weighted by Gasteiger charge is -2.34. The van der Waals surface area contributed by atoms with Crippen molar-refractivity contribution in [2.24, 2.45) is 0 Å². The van der Waals surface area contributed by atoms with E-state index in [1.165, 1.54) is 62.9 Å². The number of piperidine rings is 1. The molecular weight excluding hydrogens is 210 g/mol. The van der Waals surface area contributed by atoms with Gasteiger partial charge in [-0.15, -0.1) is 0 Å². The second-order valence-corrected chi connectivity index (χ2v) is 5.17. The van der Waals surface area contributed by atoms with E-state index in [1.807, 2.05) is 0 Å². The zero-order chi connectivity index (χ0) is 12.1. The second kappa shape index (κ2) is 6.04. The van der Waals surface area contributed by atoms with Gasteiger partial charge in [0.25, 0.3) is 0 Å². The molecule has 94 valence electrons. The molecular formula is C15H23NO. The minimum absolute atomic E-state index is 0.154. The number of rotatable bonds is 3. The average Bonchev–Trinajstić information content (AvgIpc) is 2.38. The second-order valence-electron chi connectivity index (χ2n) is 5.17. The number of allylic oxidation sites excluding steroid dienone is 4. The zero-order valence-electron chi connectivity index (χ0n) is 10.9. The number of hydrogen-bond donors (Lipinski definition) is 0. The smallest absolute Gasteiger partial charge is 0.152 e. The van der Waals surface area contributed by atoms with Gasteiger partial charge in [0.1, 0.15) is 0 Å². The molecule has 2 aliphatic rings. The van der Waals surface area contributed by atoms with E-state index in [-0.39, 0.29) is 5.78 Å². The third-order valence-electron chi connectivity index (χ3n) is 3.74. The zero-order valence-corrected chi connectivity index (χ0v) is 10.9. The minimum Gasteiger partial charge on any atom is -0.375 e. The van der Waals surface area contributed by atoms with E-state index < -0.39 is 0 Å².